The number of thiazole rings is 1. The predicted molar refractivity (Wildman–Crippen MR) is 66.7 cm³/mol. The third-order valence-corrected chi connectivity index (χ3v) is 3.49. The Balaban J connectivity index is 2.28. The second-order valence-corrected chi connectivity index (χ2v) is 4.73. The van der Waals surface area contributed by atoms with Gasteiger partial charge in [0.2, 0.25) is 0 Å². The van der Waals surface area contributed by atoms with Crippen molar-refractivity contribution in [3.05, 3.63) is 28.0 Å². The van der Waals surface area contributed by atoms with Crippen molar-refractivity contribution in [2.45, 2.75) is 33.7 Å². The number of rotatable bonds is 3. The molecule has 0 unspecified atom stereocenters. The first kappa shape index (κ1) is 11.1. The van der Waals surface area contributed by atoms with Gasteiger partial charge in [-0.05, 0) is 25.8 Å². The maximum atomic E-state index is 5.61. The summed E-state index contributed by atoms with van der Waals surface area (Å²) in [5, 5.41) is 7.13. The first-order valence-corrected chi connectivity index (χ1v) is 6.22. The van der Waals surface area contributed by atoms with E-state index in [-0.39, 0.29) is 0 Å². The molecule has 0 aromatic carbocycles. The Morgan fingerprint density at radius 1 is 1.44 bits per heavy atom. The standard InChI is InChI=1S/C11H16N4S/c1-4-10-7(2)14-15(8(10)3)5-9-6-16-11(12)13-9/h6H,4-5H2,1-3H3,(H2,12,13). The molecule has 2 aromatic rings. The number of anilines is 1. The summed E-state index contributed by atoms with van der Waals surface area (Å²) >= 11 is 1.47. The highest BCUT2D eigenvalue weighted by Gasteiger charge is 2.10. The average Bonchev–Trinajstić information content (AvgIpc) is 2.74. The molecule has 0 saturated carbocycles. The van der Waals surface area contributed by atoms with E-state index in [0.717, 1.165) is 17.8 Å². The highest BCUT2D eigenvalue weighted by molar-refractivity contribution is 7.13. The molecule has 0 aliphatic carbocycles. The molecule has 2 N–H and O–H groups in total. The summed E-state index contributed by atoms with van der Waals surface area (Å²) in [5.41, 5.74) is 10.3. The third-order valence-electron chi connectivity index (χ3n) is 2.77. The topological polar surface area (TPSA) is 56.7 Å². The summed E-state index contributed by atoms with van der Waals surface area (Å²) in [6.45, 7) is 7.02. The van der Waals surface area contributed by atoms with Crippen LogP contribution in [0.4, 0.5) is 5.13 Å². The van der Waals surface area contributed by atoms with Gasteiger partial charge in [-0.1, -0.05) is 6.92 Å². The number of nitrogens with two attached hydrogens (primary N) is 1. The van der Waals surface area contributed by atoms with Crippen LogP contribution in [-0.4, -0.2) is 14.8 Å². The highest BCUT2D eigenvalue weighted by Crippen LogP contribution is 2.17. The normalized spacial score (nSPS) is 10.9. The maximum Gasteiger partial charge on any atom is 0.180 e. The molecule has 86 valence electrons. The number of aryl methyl sites for hydroxylation is 1. The fraction of sp³-hybridized carbons (Fsp3) is 0.455. The second-order valence-electron chi connectivity index (χ2n) is 3.84. The lowest BCUT2D eigenvalue weighted by Gasteiger charge is -2.02. The van der Waals surface area contributed by atoms with Gasteiger partial charge in [-0.2, -0.15) is 5.10 Å². The highest BCUT2D eigenvalue weighted by atomic mass is 32.1. The second kappa shape index (κ2) is 4.25. The minimum absolute atomic E-state index is 0.618. The number of nitrogens with zero attached hydrogens (tertiary/aromatic N) is 3. The molecule has 5 heteroatoms. The largest absolute Gasteiger partial charge is 0.375 e. The Morgan fingerprint density at radius 2 is 2.19 bits per heavy atom. The van der Waals surface area contributed by atoms with Crippen molar-refractivity contribution >= 4 is 16.5 Å². The van der Waals surface area contributed by atoms with E-state index in [1.165, 1.54) is 22.6 Å². The molecule has 0 atom stereocenters. The van der Waals surface area contributed by atoms with Gasteiger partial charge < -0.3 is 5.73 Å². The zero-order chi connectivity index (χ0) is 11.7. The van der Waals surface area contributed by atoms with Gasteiger partial charge in [0.05, 0.1) is 17.9 Å². The molecular formula is C11H16N4S. The van der Waals surface area contributed by atoms with Crippen LogP contribution in [0.2, 0.25) is 0 Å². The van der Waals surface area contributed by atoms with E-state index in [2.05, 4.69) is 30.9 Å². The van der Waals surface area contributed by atoms with Gasteiger partial charge >= 0.3 is 0 Å². The summed E-state index contributed by atoms with van der Waals surface area (Å²) < 4.78 is 2.00. The molecule has 0 radical (unpaired) electrons. The van der Waals surface area contributed by atoms with E-state index in [9.17, 15) is 0 Å². The smallest absolute Gasteiger partial charge is 0.180 e. The maximum absolute atomic E-state index is 5.61. The van der Waals surface area contributed by atoms with Gasteiger partial charge in [0.1, 0.15) is 0 Å². The van der Waals surface area contributed by atoms with Crippen LogP contribution in [0.15, 0.2) is 5.38 Å². The van der Waals surface area contributed by atoms with E-state index in [1.54, 1.807) is 0 Å². The van der Waals surface area contributed by atoms with Crippen molar-refractivity contribution < 1.29 is 0 Å². The number of nitrogen functional groups attached to an aromatic ring is 1. The molecule has 0 aliphatic heterocycles. The van der Waals surface area contributed by atoms with Crippen molar-refractivity contribution in [1.29, 1.82) is 0 Å². The fourth-order valence-electron chi connectivity index (χ4n) is 1.95. The number of aromatic nitrogens is 3. The lowest BCUT2D eigenvalue weighted by molar-refractivity contribution is 0.649. The lowest BCUT2D eigenvalue weighted by Crippen LogP contribution is -2.04. The fourth-order valence-corrected chi connectivity index (χ4v) is 2.50. The van der Waals surface area contributed by atoms with Gasteiger partial charge in [-0.3, -0.25) is 4.68 Å². The molecule has 0 amide bonds. The van der Waals surface area contributed by atoms with Crippen molar-refractivity contribution in [3.63, 3.8) is 0 Å². The molecule has 2 aromatic heterocycles. The average molecular weight is 236 g/mol. The summed E-state index contributed by atoms with van der Waals surface area (Å²) in [5.74, 6) is 0. The van der Waals surface area contributed by atoms with Gasteiger partial charge in [0, 0.05) is 11.1 Å². The first-order chi connectivity index (χ1) is 7.61. The molecule has 0 aliphatic rings. The molecule has 0 saturated heterocycles. The zero-order valence-electron chi connectivity index (χ0n) is 9.82. The summed E-state index contributed by atoms with van der Waals surface area (Å²) in [6.07, 6.45) is 1.02. The zero-order valence-corrected chi connectivity index (χ0v) is 10.6. The molecule has 0 bridgehead atoms. The Labute approximate surface area is 99.1 Å². The van der Waals surface area contributed by atoms with Gasteiger partial charge in [-0.25, -0.2) is 4.98 Å². The molecule has 2 rings (SSSR count). The minimum atomic E-state index is 0.618. The first-order valence-electron chi connectivity index (χ1n) is 5.34. The molecule has 0 fully saturated rings. The van der Waals surface area contributed by atoms with Gasteiger partial charge in [0.25, 0.3) is 0 Å². The third kappa shape index (κ3) is 1.95. The van der Waals surface area contributed by atoms with Crippen LogP contribution in [-0.2, 0) is 13.0 Å². The summed E-state index contributed by atoms with van der Waals surface area (Å²) in [4.78, 5) is 4.25. The van der Waals surface area contributed by atoms with E-state index in [1.807, 2.05) is 10.1 Å². The minimum Gasteiger partial charge on any atom is -0.375 e. The number of hydrogen-bond donors (Lipinski definition) is 1. The Kier molecular flexibility index (Phi) is 2.96. The van der Waals surface area contributed by atoms with Crippen LogP contribution >= 0.6 is 11.3 Å². The molecule has 0 spiro atoms. The SMILES string of the molecule is CCc1c(C)nn(Cc2csc(N)n2)c1C. The van der Waals surface area contributed by atoms with Crippen LogP contribution in [0, 0.1) is 13.8 Å². The van der Waals surface area contributed by atoms with E-state index < -0.39 is 0 Å². The van der Waals surface area contributed by atoms with E-state index in [0.29, 0.717) is 11.7 Å². The molecular weight excluding hydrogens is 220 g/mol. The summed E-state index contributed by atoms with van der Waals surface area (Å²) in [6, 6.07) is 0. The van der Waals surface area contributed by atoms with E-state index in [4.69, 9.17) is 5.73 Å². The van der Waals surface area contributed by atoms with Crippen molar-refractivity contribution in [2.75, 3.05) is 5.73 Å². The monoisotopic (exact) mass is 236 g/mol. The molecule has 16 heavy (non-hydrogen) atoms. The Morgan fingerprint density at radius 3 is 2.69 bits per heavy atom. The van der Waals surface area contributed by atoms with Crippen LogP contribution in [0.25, 0.3) is 0 Å². The van der Waals surface area contributed by atoms with Crippen molar-refractivity contribution in [1.82, 2.24) is 14.8 Å². The molecule has 4 nitrogen and oxygen atoms in total. The van der Waals surface area contributed by atoms with Crippen LogP contribution < -0.4 is 5.73 Å². The predicted octanol–water partition coefficient (Wildman–Crippen LogP) is 2.15. The summed E-state index contributed by atoms with van der Waals surface area (Å²) in [7, 11) is 0. The van der Waals surface area contributed by atoms with Gasteiger partial charge in [0.15, 0.2) is 5.13 Å². The lowest BCUT2D eigenvalue weighted by atomic mass is 10.1. The Bertz CT molecular complexity index is 498. The van der Waals surface area contributed by atoms with Crippen molar-refractivity contribution in [3.8, 4) is 0 Å². The van der Waals surface area contributed by atoms with E-state index >= 15 is 0 Å². The van der Waals surface area contributed by atoms with Crippen LogP contribution in [0.5, 0.6) is 0 Å². The van der Waals surface area contributed by atoms with Crippen LogP contribution in [0.3, 0.4) is 0 Å². The molecule has 2 heterocycles. The van der Waals surface area contributed by atoms with Crippen molar-refractivity contribution in [2.24, 2.45) is 0 Å². The number of hydrogen-bond acceptors (Lipinski definition) is 4. The van der Waals surface area contributed by atoms with Crippen LogP contribution in [0.1, 0.15) is 29.6 Å². The van der Waals surface area contributed by atoms with Gasteiger partial charge in [-0.15, -0.1) is 11.3 Å². The Hall–Kier alpha value is -1.36. The quantitative estimate of drug-likeness (QED) is 0.888.